The van der Waals surface area contributed by atoms with Gasteiger partial charge in [0.05, 0.1) is 0 Å². The first kappa shape index (κ1) is 9.42. The topological polar surface area (TPSA) is 38.9 Å². The fourth-order valence-corrected chi connectivity index (χ4v) is 1.35. The Morgan fingerprint density at radius 3 is 3.08 bits per heavy atom. The lowest BCUT2D eigenvalue weighted by molar-refractivity contribution is 0.739. The summed E-state index contributed by atoms with van der Waals surface area (Å²) >= 11 is 3.29. The molecule has 0 saturated heterocycles. The molecule has 2 N–H and O–H groups in total. The summed E-state index contributed by atoms with van der Waals surface area (Å²) in [4.78, 5) is 4.02. The van der Waals surface area contributed by atoms with Gasteiger partial charge < -0.3 is 5.73 Å². The number of pyridine rings is 1. The second-order valence-electron chi connectivity index (χ2n) is 2.54. The molecule has 0 fully saturated rings. The monoisotopic (exact) mass is 226 g/mol. The van der Waals surface area contributed by atoms with Crippen LogP contribution in [-0.2, 0) is 0 Å². The van der Waals surface area contributed by atoms with E-state index in [1.807, 2.05) is 18.2 Å². The van der Waals surface area contributed by atoms with Crippen LogP contribution in [0.3, 0.4) is 0 Å². The lowest BCUT2D eigenvalue weighted by atomic mass is 10.1. The fourth-order valence-electron chi connectivity index (χ4n) is 0.964. The van der Waals surface area contributed by atoms with E-state index in [1.165, 1.54) is 0 Å². The number of hydrogen-bond acceptors (Lipinski definition) is 2. The van der Waals surface area contributed by atoms with E-state index in [9.17, 15) is 0 Å². The van der Waals surface area contributed by atoms with Crippen LogP contribution in [0.2, 0.25) is 0 Å². The smallest absolute Gasteiger partial charge is 0.106 e. The van der Waals surface area contributed by atoms with Crippen molar-refractivity contribution in [3.8, 4) is 0 Å². The second kappa shape index (κ2) is 4.38. The fraction of sp³-hybridized carbons (Fsp3) is 0.222. The van der Waals surface area contributed by atoms with Crippen molar-refractivity contribution in [2.75, 3.05) is 0 Å². The lowest BCUT2D eigenvalue weighted by Gasteiger charge is -2.08. The van der Waals surface area contributed by atoms with E-state index in [1.54, 1.807) is 6.20 Å². The van der Waals surface area contributed by atoms with Crippen molar-refractivity contribution >= 4 is 15.9 Å². The molecule has 0 radical (unpaired) electrons. The summed E-state index contributed by atoms with van der Waals surface area (Å²) in [5.74, 6) is 0. The zero-order valence-electron chi connectivity index (χ0n) is 6.70. The van der Waals surface area contributed by atoms with Gasteiger partial charge in [-0.25, -0.2) is 4.98 Å². The van der Waals surface area contributed by atoms with Crippen LogP contribution in [0.25, 0.3) is 0 Å². The van der Waals surface area contributed by atoms with Gasteiger partial charge in [-0.05, 0) is 40.0 Å². The van der Waals surface area contributed by atoms with Crippen molar-refractivity contribution in [2.24, 2.45) is 5.73 Å². The number of nitrogens with zero attached hydrogens (tertiary/aromatic N) is 1. The van der Waals surface area contributed by atoms with E-state index in [0.29, 0.717) is 0 Å². The molecule has 0 aliphatic rings. The largest absolute Gasteiger partial charge is 0.324 e. The van der Waals surface area contributed by atoms with Crippen LogP contribution in [0.15, 0.2) is 35.6 Å². The minimum absolute atomic E-state index is 0.0294. The molecule has 0 saturated carbocycles. The Kier molecular flexibility index (Phi) is 3.44. The second-order valence-corrected chi connectivity index (χ2v) is 3.36. The van der Waals surface area contributed by atoms with Gasteiger partial charge in [0.1, 0.15) is 4.60 Å². The molecule has 1 heterocycles. The molecule has 0 aliphatic carbocycles. The predicted octanol–water partition coefficient (Wildman–Crippen LogP) is 2.42. The van der Waals surface area contributed by atoms with E-state index in [0.717, 1.165) is 16.6 Å². The Balaban J connectivity index is 2.80. The van der Waals surface area contributed by atoms with Crippen molar-refractivity contribution in [1.82, 2.24) is 4.98 Å². The molecule has 2 nitrogen and oxygen atoms in total. The Morgan fingerprint density at radius 1 is 1.75 bits per heavy atom. The third-order valence-corrected chi connectivity index (χ3v) is 2.03. The van der Waals surface area contributed by atoms with Crippen molar-refractivity contribution in [3.05, 3.63) is 41.2 Å². The third kappa shape index (κ3) is 2.43. The molecular formula is C9H11BrN2. The highest BCUT2D eigenvalue weighted by Gasteiger charge is 2.03. The molecule has 1 atom stereocenters. The summed E-state index contributed by atoms with van der Waals surface area (Å²) in [6, 6.07) is 3.87. The molecule has 0 unspecified atom stereocenters. The van der Waals surface area contributed by atoms with E-state index in [4.69, 9.17) is 5.73 Å². The summed E-state index contributed by atoms with van der Waals surface area (Å²) in [5.41, 5.74) is 6.93. The van der Waals surface area contributed by atoms with Crippen LogP contribution < -0.4 is 5.73 Å². The third-order valence-electron chi connectivity index (χ3n) is 1.60. The van der Waals surface area contributed by atoms with Crippen LogP contribution in [0.4, 0.5) is 0 Å². The first-order valence-corrected chi connectivity index (χ1v) is 4.51. The Hall–Kier alpha value is -0.670. The van der Waals surface area contributed by atoms with Crippen LogP contribution >= 0.6 is 15.9 Å². The maximum Gasteiger partial charge on any atom is 0.106 e. The van der Waals surface area contributed by atoms with Crippen LogP contribution in [0, 0.1) is 0 Å². The van der Waals surface area contributed by atoms with Crippen molar-refractivity contribution in [2.45, 2.75) is 12.5 Å². The molecule has 0 bridgehead atoms. The van der Waals surface area contributed by atoms with Crippen molar-refractivity contribution in [1.29, 1.82) is 0 Å². The molecule has 0 aliphatic heterocycles. The Morgan fingerprint density at radius 2 is 2.50 bits per heavy atom. The van der Waals surface area contributed by atoms with Crippen LogP contribution in [0.1, 0.15) is 18.0 Å². The molecule has 0 spiro atoms. The lowest BCUT2D eigenvalue weighted by Crippen LogP contribution is -2.08. The summed E-state index contributed by atoms with van der Waals surface area (Å²) in [6.07, 6.45) is 4.35. The first-order chi connectivity index (χ1) is 5.74. The summed E-state index contributed by atoms with van der Waals surface area (Å²) in [6.45, 7) is 3.64. The maximum atomic E-state index is 5.85. The van der Waals surface area contributed by atoms with Gasteiger partial charge in [-0.3, -0.25) is 0 Å². The van der Waals surface area contributed by atoms with E-state index >= 15 is 0 Å². The van der Waals surface area contributed by atoms with Crippen molar-refractivity contribution < 1.29 is 0 Å². The highest BCUT2D eigenvalue weighted by atomic mass is 79.9. The Labute approximate surface area is 80.6 Å². The number of nitrogens with two attached hydrogens (primary N) is 1. The van der Waals surface area contributed by atoms with Gasteiger partial charge in [-0.15, -0.1) is 6.58 Å². The maximum absolute atomic E-state index is 5.85. The molecule has 1 aromatic rings. The highest BCUT2D eigenvalue weighted by Crippen LogP contribution is 2.16. The molecule has 0 aromatic carbocycles. The molecular weight excluding hydrogens is 216 g/mol. The molecule has 1 rings (SSSR count). The van der Waals surface area contributed by atoms with Gasteiger partial charge in [0.25, 0.3) is 0 Å². The van der Waals surface area contributed by atoms with Gasteiger partial charge in [0.2, 0.25) is 0 Å². The Bertz CT molecular complexity index is 273. The van der Waals surface area contributed by atoms with Gasteiger partial charge in [-0.2, -0.15) is 0 Å². The number of aromatic nitrogens is 1. The quantitative estimate of drug-likeness (QED) is 0.636. The zero-order chi connectivity index (χ0) is 8.97. The minimum atomic E-state index is 0.0294. The van der Waals surface area contributed by atoms with Crippen LogP contribution in [-0.4, -0.2) is 4.98 Å². The average molecular weight is 227 g/mol. The predicted molar refractivity (Wildman–Crippen MR) is 53.7 cm³/mol. The van der Waals surface area contributed by atoms with E-state index in [2.05, 4.69) is 27.5 Å². The average Bonchev–Trinajstić information content (AvgIpc) is 2.05. The highest BCUT2D eigenvalue weighted by molar-refractivity contribution is 9.10. The number of rotatable bonds is 3. The molecule has 1 aromatic heterocycles. The van der Waals surface area contributed by atoms with Gasteiger partial charge >= 0.3 is 0 Å². The molecule has 0 amide bonds. The van der Waals surface area contributed by atoms with Gasteiger partial charge in [0, 0.05) is 12.2 Å². The first-order valence-electron chi connectivity index (χ1n) is 3.72. The van der Waals surface area contributed by atoms with Crippen molar-refractivity contribution in [3.63, 3.8) is 0 Å². The van der Waals surface area contributed by atoms with Gasteiger partial charge in [0.15, 0.2) is 0 Å². The minimum Gasteiger partial charge on any atom is -0.324 e. The summed E-state index contributed by atoms with van der Waals surface area (Å²) in [7, 11) is 0. The zero-order valence-corrected chi connectivity index (χ0v) is 8.29. The summed E-state index contributed by atoms with van der Waals surface area (Å²) in [5, 5.41) is 0. The number of halogens is 1. The standard InChI is InChI=1S/C9H11BrN2/c1-2-3-8(11)7-4-5-12-9(10)6-7/h2,4-6,8H,1,3,11H2/t8-/m0/s1. The van der Waals surface area contributed by atoms with Gasteiger partial charge in [-0.1, -0.05) is 6.08 Å². The molecule has 64 valence electrons. The number of hydrogen-bond donors (Lipinski definition) is 1. The normalized spacial score (nSPS) is 12.5. The molecule has 3 heteroatoms. The van der Waals surface area contributed by atoms with Crippen LogP contribution in [0.5, 0.6) is 0 Å². The van der Waals surface area contributed by atoms with E-state index < -0.39 is 0 Å². The SMILES string of the molecule is C=CC[C@H](N)c1ccnc(Br)c1. The molecule has 12 heavy (non-hydrogen) atoms. The van der Waals surface area contributed by atoms with E-state index in [-0.39, 0.29) is 6.04 Å². The summed E-state index contributed by atoms with van der Waals surface area (Å²) < 4.78 is 0.819.